The van der Waals surface area contributed by atoms with Crippen LogP contribution in [0.1, 0.15) is 11.1 Å². The van der Waals surface area contributed by atoms with E-state index in [1.54, 1.807) is 12.1 Å². The zero-order valence-electron chi connectivity index (χ0n) is 11.0. The average molecular weight is 277 g/mol. The number of hydrogen-bond donors (Lipinski definition) is 1. The Morgan fingerprint density at radius 3 is 2.43 bits per heavy atom. The summed E-state index contributed by atoms with van der Waals surface area (Å²) in [4.78, 5) is 24.5. The van der Waals surface area contributed by atoms with Crippen molar-refractivity contribution in [3.63, 3.8) is 0 Å². The monoisotopic (exact) mass is 277 g/mol. The molecular weight excluding hydrogens is 266 g/mol. The number of anilines is 1. The molecular formula is C17H11NO3. The van der Waals surface area contributed by atoms with Crippen LogP contribution in [-0.4, -0.2) is 11.9 Å². The lowest BCUT2D eigenvalue weighted by Gasteiger charge is -2.35. The first-order valence-corrected chi connectivity index (χ1v) is 6.63. The minimum Gasteiger partial charge on any atom is -0.436 e. The van der Waals surface area contributed by atoms with E-state index in [9.17, 15) is 9.59 Å². The van der Waals surface area contributed by atoms with Gasteiger partial charge < -0.3 is 10.1 Å². The number of nitrogens with one attached hydrogen (secondary N) is 1. The third-order valence-corrected chi connectivity index (χ3v) is 3.86. The second kappa shape index (κ2) is 4.06. The highest BCUT2D eigenvalue weighted by molar-refractivity contribution is 6.19. The maximum Gasteiger partial charge on any atom is 0.332 e. The lowest BCUT2D eigenvalue weighted by atomic mass is 9.79. The smallest absolute Gasteiger partial charge is 0.332 e. The minimum absolute atomic E-state index is 0.343. The van der Waals surface area contributed by atoms with Crippen LogP contribution in [0.5, 0.6) is 0 Å². The molecule has 102 valence electrons. The van der Waals surface area contributed by atoms with E-state index < -0.39 is 11.6 Å². The molecule has 0 aliphatic carbocycles. The lowest BCUT2D eigenvalue weighted by Crippen LogP contribution is -2.45. The van der Waals surface area contributed by atoms with Crippen molar-refractivity contribution in [1.29, 1.82) is 0 Å². The minimum atomic E-state index is -1.38. The molecule has 0 saturated carbocycles. The molecule has 2 aliphatic heterocycles. The molecule has 1 atom stereocenters. The molecule has 0 saturated heterocycles. The van der Waals surface area contributed by atoms with Gasteiger partial charge in [-0.3, -0.25) is 4.79 Å². The summed E-state index contributed by atoms with van der Waals surface area (Å²) in [5.74, 6) is -0.842. The van der Waals surface area contributed by atoms with E-state index in [4.69, 9.17) is 4.74 Å². The first-order valence-electron chi connectivity index (χ1n) is 6.63. The van der Waals surface area contributed by atoms with Crippen LogP contribution in [0.4, 0.5) is 5.69 Å². The van der Waals surface area contributed by atoms with Crippen molar-refractivity contribution in [3.8, 4) is 0 Å². The quantitative estimate of drug-likeness (QED) is 0.815. The molecule has 0 aromatic heterocycles. The van der Waals surface area contributed by atoms with Crippen LogP contribution in [0.2, 0.25) is 0 Å². The number of para-hydroxylation sites is 1. The maximum absolute atomic E-state index is 12.7. The van der Waals surface area contributed by atoms with Crippen LogP contribution >= 0.6 is 0 Å². The van der Waals surface area contributed by atoms with Gasteiger partial charge in [0.25, 0.3) is 5.91 Å². The molecule has 21 heavy (non-hydrogen) atoms. The van der Waals surface area contributed by atoms with Gasteiger partial charge >= 0.3 is 5.97 Å². The normalized spacial score (nSPS) is 22.8. The number of carbonyl (C=O) groups excluding carboxylic acids is 2. The van der Waals surface area contributed by atoms with E-state index in [-0.39, 0.29) is 5.91 Å². The predicted octanol–water partition coefficient (Wildman–Crippen LogP) is 2.47. The van der Waals surface area contributed by atoms with Crippen molar-refractivity contribution in [1.82, 2.24) is 0 Å². The highest BCUT2D eigenvalue weighted by Gasteiger charge is 2.54. The van der Waals surface area contributed by atoms with Gasteiger partial charge in [-0.15, -0.1) is 0 Å². The Labute approximate surface area is 121 Å². The Kier molecular flexibility index (Phi) is 2.30. The first-order chi connectivity index (χ1) is 10.2. The van der Waals surface area contributed by atoms with Crippen molar-refractivity contribution in [3.05, 3.63) is 71.8 Å². The number of esters is 1. The van der Waals surface area contributed by atoms with Gasteiger partial charge in [-0.1, -0.05) is 48.5 Å². The van der Waals surface area contributed by atoms with Gasteiger partial charge in [0.1, 0.15) is 0 Å². The molecule has 2 aromatic carbocycles. The van der Waals surface area contributed by atoms with E-state index >= 15 is 0 Å². The molecule has 0 spiro atoms. The van der Waals surface area contributed by atoms with Crippen LogP contribution in [0.3, 0.4) is 0 Å². The summed E-state index contributed by atoms with van der Waals surface area (Å²) >= 11 is 0. The SMILES string of the molecule is O=C1C=C2c3ccccc3NC(=O)C2(c2ccccc2)O1. The molecule has 0 radical (unpaired) electrons. The molecule has 2 aromatic rings. The summed E-state index contributed by atoms with van der Waals surface area (Å²) in [5, 5.41) is 2.83. The topological polar surface area (TPSA) is 55.4 Å². The Morgan fingerprint density at radius 2 is 1.62 bits per heavy atom. The van der Waals surface area contributed by atoms with Gasteiger partial charge in [0.15, 0.2) is 0 Å². The summed E-state index contributed by atoms with van der Waals surface area (Å²) in [6.45, 7) is 0. The number of amides is 1. The zero-order valence-corrected chi connectivity index (χ0v) is 11.0. The van der Waals surface area contributed by atoms with Crippen molar-refractivity contribution in [2.75, 3.05) is 5.32 Å². The van der Waals surface area contributed by atoms with Crippen molar-refractivity contribution < 1.29 is 14.3 Å². The van der Waals surface area contributed by atoms with Gasteiger partial charge in [0, 0.05) is 28.5 Å². The van der Waals surface area contributed by atoms with Gasteiger partial charge in [0.05, 0.1) is 0 Å². The van der Waals surface area contributed by atoms with E-state index in [0.717, 1.165) is 5.56 Å². The lowest BCUT2D eigenvalue weighted by molar-refractivity contribution is -0.153. The average Bonchev–Trinajstić information content (AvgIpc) is 2.88. The van der Waals surface area contributed by atoms with Crippen LogP contribution in [-0.2, 0) is 19.9 Å². The molecule has 2 heterocycles. The van der Waals surface area contributed by atoms with E-state index in [2.05, 4.69) is 5.32 Å². The second-order valence-electron chi connectivity index (χ2n) is 5.03. The predicted molar refractivity (Wildman–Crippen MR) is 77.3 cm³/mol. The Bertz CT molecular complexity index is 795. The molecule has 4 rings (SSSR count). The third kappa shape index (κ3) is 1.50. The van der Waals surface area contributed by atoms with E-state index in [0.29, 0.717) is 16.8 Å². The van der Waals surface area contributed by atoms with Gasteiger partial charge in [-0.25, -0.2) is 4.79 Å². The van der Waals surface area contributed by atoms with Crippen molar-refractivity contribution in [2.24, 2.45) is 0 Å². The van der Waals surface area contributed by atoms with Crippen molar-refractivity contribution in [2.45, 2.75) is 5.60 Å². The van der Waals surface area contributed by atoms with Crippen LogP contribution < -0.4 is 5.32 Å². The number of benzene rings is 2. The standard InChI is InChI=1S/C17H11NO3/c19-15-10-13-12-8-4-5-9-14(12)18-16(20)17(13,21-15)11-6-2-1-3-7-11/h1-10H,(H,18,20). The molecule has 4 heteroatoms. The second-order valence-corrected chi connectivity index (χ2v) is 5.03. The summed E-state index contributed by atoms with van der Waals surface area (Å²) in [7, 11) is 0. The Hall–Kier alpha value is -2.88. The summed E-state index contributed by atoms with van der Waals surface area (Å²) in [6.07, 6.45) is 1.41. The molecule has 4 nitrogen and oxygen atoms in total. The van der Waals surface area contributed by atoms with Crippen LogP contribution in [0.15, 0.2) is 60.7 Å². The highest BCUT2D eigenvalue weighted by atomic mass is 16.6. The molecule has 0 bridgehead atoms. The van der Waals surface area contributed by atoms with Gasteiger partial charge in [-0.2, -0.15) is 0 Å². The van der Waals surface area contributed by atoms with Crippen LogP contribution in [0, 0.1) is 0 Å². The van der Waals surface area contributed by atoms with Crippen LogP contribution in [0.25, 0.3) is 5.57 Å². The zero-order chi connectivity index (χ0) is 14.4. The fourth-order valence-electron chi connectivity index (χ4n) is 2.95. The molecule has 1 unspecified atom stereocenters. The fraction of sp³-hybridized carbons (Fsp3) is 0.0588. The fourth-order valence-corrected chi connectivity index (χ4v) is 2.95. The van der Waals surface area contributed by atoms with Crippen molar-refractivity contribution >= 4 is 23.1 Å². The molecule has 0 fully saturated rings. The molecule has 1 N–H and O–H groups in total. The first kappa shape index (κ1) is 11.9. The number of carbonyl (C=O) groups is 2. The molecule has 2 aliphatic rings. The van der Waals surface area contributed by atoms with E-state index in [1.807, 2.05) is 42.5 Å². The number of rotatable bonds is 1. The molecule has 1 amide bonds. The van der Waals surface area contributed by atoms with Gasteiger partial charge in [0.2, 0.25) is 5.60 Å². The van der Waals surface area contributed by atoms with E-state index in [1.165, 1.54) is 6.08 Å². The Morgan fingerprint density at radius 1 is 0.905 bits per heavy atom. The number of ether oxygens (including phenoxy) is 1. The Balaban J connectivity index is 2.02. The number of hydrogen-bond acceptors (Lipinski definition) is 3. The highest BCUT2D eigenvalue weighted by Crippen LogP contribution is 2.49. The summed E-state index contributed by atoms with van der Waals surface area (Å²) in [6, 6.07) is 16.5. The maximum atomic E-state index is 12.7. The largest absolute Gasteiger partial charge is 0.436 e. The van der Waals surface area contributed by atoms with Gasteiger partial charge in [-0.05, 0) is 6.07 Å². The summed E-state index contributed by atoms with van der Waals surface area (Å²) < 4.78 is 5.46. The third-order valence-electron chi connectivity index (χ3n) is 3.86. The summed E-state index contributed by atoms with van der Waals surface area (Å²) in [5.41, 5.74) is 1.37. The number of fused-ring (bicyclic) bond motifs is 3.